The van der Waals surface area contributed by atoms with E-state index in [1.807, 2.05) is 36.4 Å². The summed E-state index contributed by atoms with van der Waals surface area (Å²) < 4.78 is 7.38. The number of benzene rings is 3. The number of likely N-dealkylation sites (tertiary alicyclic amines) is 1. The highest BCUT2D eigenvalue weighted by atomic mass is 32.1. The predicted molar refractivity (Wildman–Crippen MR) is 132 cm³/mol. The molecular weight excluding hydrogens is 418 g/mol. The van der Waals surface area contributed by atoms with E-state index in [4.69, 9.17) is 4.74 Å². The molecule has 5 heteroatoms. The van der Waals surface area contributed by atoms with E-state index in [0.29, 0.717) is 6.61 Å². The maximum absolute atomic E-state index is 9.87. The monoisotopic (exact) mass is 445 g/mol. The highest BCUT2D eigenvalue weighted by Gasteiger charge is 2.17. The van der Waals surface area contributed by atoms with Crippen LogP contribution in [-0.4, -0.2) is 41.4 Å². The quantitative estimate of drug-likeness (QED) is 0.318. The van der Waals surface area contributed by atoms with E-state index in [0.717, 1.165) is 51.1 Å². The smallest absolute Gasteiger partial charge is 0.127 e. The van der Waals surface area contributed by atoms with Crippen LogP contribution in [0.25, 0.3) is 32.3 Å². The Labute approximate surface area is 192 Å². The number of hydrogen-bond acceptors (Lipinski definition) is 5. The standard InChI is InChI=1S/C27H27NO3S/c29-20-9-7-19(8-10-20)27-23(24-18-32-26-17-21(30)11-12-22(24)26)5-3-6-25(27)31-16-4-15-28-13-1-2-14-28/h3,5-12,17-18,29-30H,1-2,4,13-16H2. The molecule has 1 fully saturated rings. The number of fused-ring (bicyclic) bond motifs is 1. The molecule has 1 saturated heterocycles. The van der Waals surface area contributed by atoms with Crippen molar-refractivity contribution in [3.8, 4) is 39.5 Å². The summed E-state index contributed by atoms with van der Waals surface area (Å²) in [7, 11) is 0. The lowest BCUT2D eigenvalue weighted by atomic mass is 9.93. The summed E-state index contributed by atoms with van der Waals surface area (Å²) in [4.78, 5) is 2.51. The van der Waals surface area contributed by atoms with Crippen LogP contribution < -0.4 is 4.74 Å². The SMILES string of the molecule is Oc1ccc(-c2c(OCCCN3CCCC3)cccc2-c2csc3cc(O)ccc23)cc1. The summed E-state index contributed by atoms with van der Waals surface area (Å²) in [6, 6.07) is 19.0. The first kappa shape index (κ1) is 20.9. The van der Waals surface area contributed by atoms with Crippen LogP contribution >= 0.6 is 11.3 Å². The number of hydrogen-bond donors (Lipinski definition) is 2. The van der Waals surface area contributed by atoms with Gasteiger partial charge < -0.3 is 19.8 Å². The van der Waals surface area contributed by atoms with Crippen LogP contribution in [0, 0.1) is 0 Å². The van der Waals surface area contributed by atoms with Crippen LogP contribution in [-0.2, 0) is 0 Å². The third kappa shape index (κ3) is 4.31. The molecule has 1 aliphatic heterocycles. The fourth-order valence-corrected chi connectivity index (χ4v) is 5.50. The minimum Gasteiger partial charge on any atom is -0.508 e. The van der Waals surface area contributed by atoms with Gasteiger partial charge in [-0.3, -0.25) is 0 Å². The van der Waals surface area contributed by atoms with Crippen LogP contribution in [0.2, 0.25) is 0 Å². The molecule has 0 aliphatic carbocycles. The molecule has 1 aliphatic rings. The first-order valence-corrected chi connectivity index (χ1v) is 12.1. The summed E-state index contributed by atoms with van der Waals surface area (Å²) in [5.41, 5.74) is 4.24. The number of phenols is 2. The Morgan fingerprint density at radius 3 is 2.47 bits per heavy atom. The lowest BCUT2D eigenvalue weighted by Gasteiger charge is -2.18. The number of rotatable bonds is 7. The summed E-state index contributed by atoms with van der Waals surface area (Å²) in [5.74, 6) is 1.38. The molecule has 2 heterocycles. The van der Waals surface area contributed by atoms with Gasteiger partial charge in [-0.25, -0.2) is 0 Å². The van der Waals surface area contributed by atoms with Gasteiger partial charge in [0.25, 0.3) is 0 Å². The van der Waals surface area contributed by atoms with Crippen LogP contribution in [0.4, 0.5) is 0 Å². The maximum Gasteiger partial charge on any atom is 0.127 e. The zero-order valence-electron chi connectivity index (χ0n) is 18.0. The average molecular weight is 446 g/mol. The Kier molecular flexibility index (Phi) is 6.02. The van der Waals surface area contributed by atoms with Gasteiger partial charge in [0.2, 0.25) is 0 Å². The Hall–Kier alpha value is -3.02. The van der Waals surface area contributed by atoms with Crippen molar-refractivity contribution >= 4 is 21.4 Å². The first-order valence-electron chi connectivity index (χ1n) is 11.2. The fraction of sp³-hybridized carbons (Fsp3) is 0.259. The maximum atomic E-state index is 9.87. The van der Waals surface area contributed by atoms with E-state index < -0.39 is 0 Å². The van der Waals surface area contributed by atoms with Crippen LogP contribution in [0.3, 0.4) is 0 Å². The van der Waals surface area contributed by atoms with Crippen molar-refractivity contribution in [2.75, 3.05) is 26.2 Å². The second-order valence-corrected chi connectivity index (χ2v) is 9.22. The molecule has 0 spiro atoms. The molecule has 1 aromatic heterocycles. The van der Waals surface area contributed by atoms with E-state index in [2.05, 4.69) is 16.3 Å². The number of ether oxygens (including phenoxy) is 1. The summed E-state index contributed by atoms with van der Waals surface area (Å²) in [5, 5.41) is 22.9. The molecule has 164 valence electrons. The van der Waals surface area contributed by atoms with Crippen LogP contribution in [0.15, 0.2) is 66.0 Å². The Bertz CT molecular complexity index is 1210. The lowest BCUT2D eigenvalue weighted by molar-refractivity contribution is 0.264. The summed E-state index contributed by atoms with van der Waals surface area (Å²) in [6.45, 7) is 4.15. The topological polar surface area (TPSA) is 52.9 Å². The third-order valence-electron chi connectivity index (χ3n) is 6.11. The minimum atomic E-state index is 0.246. The molecule has 4 aromatic rings. The molecule has 3 aromatic carbocycles. The molecule has 0 bridgehead atoms. The van der Waals surface area contributed by atoms with Gasteiger partial charge in [0.1, 0.15) is 17.2 Å². The lowest BCUT2D eigenvalue weighted by Crippen LogP contribution is -2.21. The Morgan fingerprint density at radius 1 is 0.875 bits per heavy atom. The molecule has 4 nitrogen and oxygen atoms in total. The highest BCUT2D eigenvalue weighted by Crippen LogP contribution is 2.44. The molecular formula is C27H27NO3S. The van der Waals surface area contributed by atoms with Crippen molar-refractivity contribution < 1.29 is 14.9 Å². The van der Waals surface area contributed by atoms with Gasteiger partial charge in [-0.2, -0.15) is 0 Å². The van der Waals surface area contributed by atoms with Crippen molar-refractivity contribution in [1.82, 2.24) is 4.90 Å². The molecule has 0 atom stereocenters. The second-order valence-electron chi connectivity index (χ2n) is 8.31. The van der Waals surface area contributed by atoms with Gasteiger partial charge in [-0.05, 0) is 85.3 Å². The zero-order valence-corrected chi connectivity index (χ0v) is 18.8. The molecule has 0 saturated carbocycles. The van der Waals surface area contributed by atoms with Crippen LogP contribution in [0.5, 0.6) is 17.2 Å². The average Bonchev–Trinajstić information content (AvgIpc) is 3.47. The van der Waals surface area contributed by atoms with Gasteiger partial charge in [-0.1, -0.05) is 24.3 Å². The molecule has 5 rings (SSSR count). The number of nitrogens with zero attached hydrogens (tertiary/aromatic N) is 1. The van der Waals surface area contributed by atoms with Gasteiger partial charge in [0.15, 0.2) is 0 Å². The van der Waals surface area contributed by atoms with E-state index >= 15 is 0 Å². The first-order chi connectivity index (χ1) is 15.7. The van der Waals surface area contributed by atoms with Crippen molar-refractivity contribution in [1.29, 1.82) is 0 Å². The molecule has 0 radical (unpaired) electrons. The van der Waals surface area contributed by atoms with E-state index in [1.54, 1.807) is 29.5 Å². The van der Waals surface area contributed by atoms with E-state index in [9.17, 15) is 10.2 Å². The fourth-order valence-electron chi connectivity index (χ4n) is 4.50. The molecule has 2 N–H and O–H groups in total. The zero-order chi connectivity index (χ0) is 21.9. The third-order valence-corrected chi connectivity index (χ3v) is 7.05. The Balaban J connectivity index is 1.51. The van der Waals surface area contributed by atoms with Gasteiger partial charge in [0.05, 0.1) is 6.61 Å². The van der Waals surface area contributed by atoms with Crippen LogP contribution in [0.1, 0.15) is 19.3 Å². The Morgan fingerprint density at radius 2 is 1.66 bits per heavy atom. The highest BCUT2D eigenvalue weighted by molar-refractivity contribution is 7.17. The van der Waals surface area contributed by atoms with Crippen molar-refractivity contribution in [2.45, 2.75) is 19.3 Å². The van der Waals surface area contributed by atoms with E-state index in [1.165, 1.54) is 25.9 Å². The summed E-state index contributed by atoms with van der Waals surface area (Å²) >= 11 is 1.62. The number of phenolic OH excluding ortho intramolecular Hbond substituents is 2. The second kappa shape index (κ2) is 9.23. The van der Waals surface area contributed by atoms with Crippen molar-refractivity contribution in [3.63, 3.8) is 0 Å². The minimum absolute atomic E-state index is 0.246. The van der Waals surface area contributed by atoms with Crippen molar-refractivity contribution in [2.24, 2.45) is 0 Å². The van der Waals surface area contributed by atoms with Crippen molar-refractivity contribution in [3.05, 3.63) is 66.0 Å². The van der Waals surface area contributed by atoms with Gasteiger partial charge in [0, 0.05) is 27.8 Å². The molecule has 32 heavy (non-hydrogen) atoms. The number of aromatic hydroxyl groups is 2. The largest absolute Gasteiger partial charge is 0.508 e. The van der Waals surface area contributed by atoms with Gasteiger partial charge in [-0.15, -0.1) is 11.3 Å². The molecule has 0 unspecified atom stereocenters. The number of thiophene rings is 1. The predicted octanol–water partition coefficient (Wildman–Crippen LogP) is 6.51. The van der Waals surface area contributed by atoms with E-state index in [-0.39, 0.29) is 11.5 Å². The molecule has 0 amide bonds. The summed E-state index contributed by atoms with van der Waals surface area (Å²) in [6.07, 6.45) is 3.61. The van der Waals surface area contributed by atoms with Gasteiger partial charge >= 0.3 is 0 Å². The normalized spacial score (nSPS) is 14.2.